The highest BCUT2D eigenvalue weighted by molar-refractivity contribution is 6.04. The molecule has 9 heteroatoms. The molecule has 1 fully saturated rings. The molecule has 166 valence electrons. The molecule has 32 heavy (non-hydrogen) atoms. The molecule has 1 unspecified atom stereocenters. The predicted molar refractivity (Wildman–Crippen MR) is 118 cm³/mol. The molecule has 0 spiro atoms. The summed E-state index contributed by atoms with van der Waals surface area (Å²) < 4.78 is 14.5. The quantitative estimate of drug-likeness (QED) is 0.450. The third-order valence-corrected chi connectivity index (χ3v) is 5.89. The van der Waals surface area contributed by atoms with Crippen LogP contribution in [0.5, 0.6) is 5.75 Å². The number of aromatic nitrogens is 4. The maximum atomic E-state index is 13.2. The molecule has 3 heterocycles. The fourth-order valence-electron chi connectivity index (χ4n) is 4.19. The summed E-state index contributed by atoms with van der Waals surface area (Å²) in [7, 11) is 1.33. The maximum Gasteiger partial charge on any atom is 0.338 e. The molecule has 1 saturated carbocycles. The number of anilines is 1. The summed E-state index contributed by atoms with van der Waals surface area (Å²) in [6.07, 6.45) is 4.80. The Morgan fingerprint density at radius 3 is 2.88 bits per heavy atom. The number of imidazole rings is 1. The van der Waals surface area contributed by atoms with Crippen molar-refractivity contribution in [3.05, 3.63) is 47.8 Å². The van der Waals surface area contributed by atoms with Crippen LogP contribution in [-0.2, 0) is 11.3 Å². The molecule has 0 radical (unpaired) electrons. The summed E-state index contributed by atoms with van der Waals surface area (Å²) in [5.41, 5.74) is 2.94. The third-order valence-electron chi connectivity index (χ3n) is 5.89. The van der Waals surface area contributed by atoms with E-state index in [-0.39, 0.29) is 11.9 Å². The number of methoxy groups -OCH3 is 1. The lowest BCUT2D eigenvalue weighted by Gasteiger charge is -2.26. The van der Waals surface area contributed by atoms with E-state index in [1.165, 1.54) is 20.0 Å². The fourth-order valence-corrected chi connectivity index (χ4v) is 4.19. The van der Waals surface area contributed by atoms with Gasteiger partial charge in [-0.05, 0) is 50.3 Å². The van der Waals surface area contributed by atoms with E-state index in [1.807, 2.05) is 17.6 Å². The second kappa shape index (κ2) is 7.81. The molecule has 5 rings (SSSR count). The van der Waals surface area contributed by atoms with Crippen molar-refractivity contribution < 1.29 is 19.1 Å². The molecule has 2 aliphatic rings. The van der Waals surface area contributed by atoms with Crippen LogP contribution in [0.2, 0.25) is 0 Å². The van der Waals surface area contributed by atoms with Crippen LogP contribution < -0.4 is 10.1 Å². The van der Waals surface area contributed by atoms with Crippen LogP contribution in [0, 0.1) is 12.8 Å². The number of nitrogens with zero attached hydrogens (tertiary/aromatic N) is 4. The second-order valence-corrected chi connectivity index (χ2v) is 8.38. The van der Waals surface area contributed by atoms with Crippen molar-refractivity contribution in [2.24, 2.45) is 5.92 Å². The van der Waals surface area contributed by atoms with E-state index in [2.05, 4.69) is 22.0 Å². The maximum absolute atomic E-state index is 13.2. The number of allylic oxidation sites excluding steroid dienone is 1. The van der Waals surface area contributed by atoms with Crippen LogP contribution in [-0.4, -0.2) is 44.9 Å². The molecule has 9 nitrogen and oxygen atoms in total. The number of carbonyl (C=O) groups excluding carboxylic acids is 2. The number of carbonyl (C=O) groups is 2. The van der Waals surface area contributed by atoms with Gasteiger partial charge in [0.15, 0.2) is 0 Å². The Balaban J connectivity index is 1.56. The van der Waals surface area contributed by atoms with Gasteiger partial charge in [-0.3, -0.25) is 19.4 Å². The summed E-state index contributed by atoms with van der Waals surface area (Å²) in [5, 5.41) is 7.47. The standard InChI is InChI=1S/C23H25N5O4/c1-4-5-16-12-32-19-10-15(22(30)31-3)9-17-20(19)28(16)23(24-17)25-21(29)18-8-13(2)26-27(18)11-14-6-7-14/h4,8-10,14,16H,1,5-7,11-12H2,2-3H3,(H,24,25,29). The summed E-state index contributed by atoms with van der Waals surface area (Å²) in [4.78, 5) is 30.0. The van der Waals surface area contributed by atoms with Gasteiger partial charge in [0.1, 0.15) is 23.6 Å². The second-order valence-electron chi connectivity index (χ2n) is 8.38. The zero-order valence-electron chi connectivity index (χ0n) is 18.1. The normalized spacial score (nSPS) is 17.1. The molecule has 1 aromatic carbocycles. The van der Waals surface area contributed by atoms with Crippen molar-refractivity contribution in [1.29, 1.82) is 0 Å². The largest absolute Gasteiger partial charge is 0.489 e. The van der Waals surface area contributed by atoms with Gasteiger partial charge in [0.2, 0.25) is 5.95 Å². The summed E-state index contributed by atoms with van der Waals surface area (Å²) in [5.74, 6) is 0.784. The van der Waals surface area contributed by atoms with Gasteiger partial charge in [-0.1, -0.05) is 6.08 Å². The Labute approximate surface area is 185 Å². The minimum Gasteiger partial charge on any atom is -0.489 e. The van der Waals surface area contributed by atoms with Crippen LogP contribution in [0.3, 0.4) is 0 Å². The van der Waals surface area contributed by atoms with Crippen molar-refractivity contribution in [2.45, 2.75) is 38.8 Å². The number of amides is 1. The first-order valence-electron chi connectivity index (χ1n) is 10.7. The minimum atomic E-state index is -0.473. The molecular weight excluding hydrogens is 410 g/mol. The molecule has 3 aromatic rings. The highest BCUT2D eigenvalue weighted by atomic mass is 16.5. The third kappa shape index (κ3) is 3.53. The molecular formula is C23H25N5O4. The lowest BCUT2D eigenvalue weighted by atomic mass is 10.1. The topological polar surface area (TPSA) is 100 Å². The van der Waals surface area contributed by atoms with Crippen LogP contribution in [0.1, 0.15) is 51.8 Å². The van der Waals surface area contributed by atoms with E-state index < -0.39 is 5.97 Å². The van der Waals surface area contributed by atoms with Crippen molar-refractivity contribution in [2.75, 3.05) is 19.0 Å². The van der Waals surface area contributed by atoms with E-state index in [1.54, 1.807) is 22.9 Å². The van der Waals surface area contributed by atoms with E-state index in [0.29, 0.717) is 47.4 Å². The minimum absolute atomic E-state index is 0.0811. The smallest absolute Gasteiger partial charge is 0.338 e. The van der Waals surface area contributed by atoms with E-state index in [9.17, 15) is 9.59 Å². The zero-order chi connectivity index (χ0) is 22.4. The van der Waals surface area contributed by atoms with Crippen LogP contribution in [0.4, 0.5) is 5.95 Å². The van der Waals surface area contributed by atoms with Crippen LogP contribution in [0.15, 0.2) is 30.9 Å². The van der Waals surface area contributed by atoms with Gasteiger partial charge in [-0.15, -0.1) is 6.58 Å². The Morgan fingerprint density at radius 1 is 1.34 bits per heavy atom. The molecule has 1 aliphatic heterocycles. The highest BCUT2D eigenvalue weighted by Crippen LogP contribution is 2.38. The number of esters is 1. The van der Waals surface area contributed by atoms with Gasteiger partial charge < -0.3 is 9.47 Å². The zero-order valence-corrected chi connectivity index (χ0v) is 18.1. The highest BCUT2D eigenvalue weighted by Gasteiger charge is 2.30. The van der Waals surface area contributed by atoms with Gasteiger partial charge in [0, 0.05) is 6.54 Å². The Bertz CT molecular complexity index is 1240. The number of rotatable bonds is 7. The van der Waals surface area contributed by atoms with E-state index in [4.69, 9.17) is 9.47 Å². The molecule has 1 amide bonds. The van der Waals surface area contributed by atoms with Gasteiger partial charge >= 0.3 is 5.97 Å². The lowest BCUT2D eigenvalue weighted by molar-refractivity contribution is 0.0600. The van der Waals surface area contributed by atoms with Crippen LogP contribution in [0.25, 0.3) is 11.0 Å². The predicted octanol–water partition coefficient (Wildman–Crippen LogP) is 3.50. The van der Waals surface area contributed by atoms with Crippen molar-refractivity contribution in [3.8, 4) is 5.75 Å². The number of ether oxygens (including phenoxy) is 2. The van der Waals surface area contributed by atoms with Gasteiger partial charge in [-0.25, -0.2) is 9.78 Å². The summed E-state index contributed by atoms with van der Waals surface area (Å²) >= 11 is 0. The summed E-state index contributed by atoms with van der Waals surface area (Å²) in [6.45, 7) is 6.84. The molecule has 0 saturated heterocycles. The van der Waals surface area contributed by atoms with Gasteiger partial charge in [0.25, 0.3) is 5.91 Å². The fraction of sp³-hybridized carbons (Fsp3) is 0.391. The number of benzene rings is 1. The molecule has 1 atom stereocenters. The number of hydrogen-bond donors (Lipinski definition) is 1. The number of nitrogens with one attached hydrogen (secondary N) is 1. The Kier molecular flexibility index (Phi) is 4.96. The average Bonchev–Trinajstić information content (AvgIpc) is 3.41. The first-order chi connectivity index (χ1) is 15.5. The molecule has 1 aliphatic carbocycles. The first kappa shape index (κ1) is 20.3. The van der Waals surface area contributed by atoms with E-state index in [0.717, 1.165) is 17.8 Å². The lowest BCUT2D eigenvalue weighted by Crippen LogP contribution is -2.26. The van der Waals surface area contributed by atoms with Crippen molar-refractivity contribution in [3.63, 3.8) is 0 Å². The van der Waals surface area contributed by atoms with E-state index >= 15 is 0 Å². The SMILES string of the molecule is C=CCC1COc2cc(C(=O)OC)cc3nc(NC(=O)c4cc(C)nn4CC4CC4)n1c23. The number of hydrogen-bond acceptors (Lipinski definition) is 6. The van der Waals surface area contributed by atoms with Crippen molar-refractivity contribution in [1.82, 2.24) is 19.3 Å². The Hall–Kier alpha value is -3.62. The number of aryl methyl sites for hydroxylation is 1. The van der Waals surface area contributed by atoms with Gasteiger partial charge in [0.05, 0.1) is 29.9 Å². The average molecular weight is 435 g/mol. The first-order valence-corrected chi connectivity index (χ1v) is 10.7. The Morgan fingerprint density at radius 2 is 2.16 bits per heavy atom. The van der Waals surface area contributed by atoms with Crippen molar-refractivity contribution >= 4 is 28.9 Å². The molecule has 2 aromatic heterocycles. The van der Waals surface area contributed by atoms with Crippen LogP contribution >= 0.6 is 0 Å². The monoisotopic (exact) mass is 435 g/mol. The summed E-state index contributed by atoms with van der Waals surface area (Å²) in [6, 6.07) is 5.01. The molecule has 0 bridgehead atoms. The molecule has 1 N–H and O–H groups in total. The van der Waals surface area contributed by atoms with Gasteiger partial charge in [-0.2, -0.15) is 5.10 Å².